The molecule has 0 radical (unpaired) electrons. The number of amides is 3. The van der Waals surface area contributed by atoms with E-state index >= 15 is 0 Å². The zero-order valence-corrected chi connectivity index (χ0v) is 19.7. The number of ether oxygens (including phenoxy) is 1. The smallest absolute Gasteiger partial charge is 0.322 e. The number of benzene rings is 2. The summed E-state index contributed by atoms with van der Waals surface area (Å²) in [4.78, 5) is 32.1. The van der Waals surface area contributed by atoms with Gasteiger partial charge in [-0.05, 0) is 49.2 Å². The van der Waals surface area contributed by atoms with Crippen molar-refractivity contribution in [3.8, 4) is 5.75 Å². The van der Waals surface area contributed by atoms with E-state index < -0.39 is 6.04 Å². The average molecular weight is 461 g/mol. The normalized spacial score (nSPS) is 21.0. The molecule has 1 unspecified atom stereocenters. The predicted octanol–water partition coefficient (Wildman–Crippen LogP) is 3.54. The highest BCUT2D eigenvalue weighted by molar-refractivity contribution is 6.01. The Labute approximate surface area is 201 Å². The zero-order valence-electron chi connectivity index (χ0n) is 19.7. The molecule has 34 heavy (non-hydrogen) atoms. The molecule has 7 heteroatoms. The van der Waals surface area contributed by atoms with Gasteiger partial charge in [-0.3, -0.25) is 9.69 Å². The van der Waals surface area contributed by atoms with Gasteiger partial charge in [0, 0.05) is 20.1 Å². The lowest BCUT2D eigenvalue weighted by Gasteiger charge is -2.31. The van der Waals surface area contributed by atoms with Crippen molar-refractivity contribution in [2.45, 2.75) is 31.9 Å². The van der Waals surface area contributed by atoms with Gasteiger partial charge in [0.1, 0.15) is 12.4 Å². The van der Waals surface area contributed by atoms with E-state index in [1.54, 1.807) is 11.9 Å². The van der Waals surface area contributed by atoms with E-state index in [1.807, 2.05) is 59.5 Å². The van der Waals surface area contributed by atoms with Gasteiger partial charge >= 0.3 is 6.03 Å². The minimum atomic E-state index is -0.480. The fraction of sp³-hybridized carbons (Fsp3) is 0.407. The van der Waals surface area contributed by atoms with E-state index in [0.717, 1.165) is 36.5 Å². The SMILES string of the molecule is CN1C(=O)NC(c2cccc(OCc3ccccc3)c2)C2=C1CN(CCN1CCCCC1)C2=O. The molecule has 0 saturated carbocycles. The summed E-state index contributed by atoms with van der Waals surface area (Å²) < 4.78 is 6.00. The van der Waals surface area contributed by atoms with Crippen LogP contribution in [0.2, 0.25) is 0 Å². The summed E-state index contributed by atoms with van der Waals surface area (Å²) >= 11 is 0. The summed E-state index contributed by atoms with van der Waals surface area (Å²) in [6.07, 6.45) is 3.76. The quantitative estimate of drug-likeness (QED) is 0.687. The van der Waals surface area contributed by atoms with Gasteiger partial charge in [-0.2, -0.15) is 0 Å². The number of nitrogens with one attached hydrogen (secondary N) is 1. The summed E-state index contributed by atoms with van der Waals surface area (Å²) in [5, 5.41) is 3.03. The molecule has 5 rings (SSSR count). The lowest BCUT2D eigenvalue weighted by atomic mass is 9.95. The third-order valence-electron chi connectivity index (χ3n) is 7.01. The summed E-state index contributed by atoms with van der Waals surface area (Å²) in [6, 6.07) is 17.0. The maximum Gasteiger partial charge on any atom is 0.322 e. The topological polar surface area (TPSA) is 65.1 Å². The van der Waals surface area contributed by atoms with Gasteiger partial charge in [-0.15, -0.1) is 0 Å². The zero-order chi connectivity index (χ0) is 23.5. The molecular weight excluding hydrogens is 428 g/mol. The van der Waals surface area contributed by atoms with Crippen LogP contribution in [0.1, 0.15) is 36.4 Å². The van der Waals surface area contributed by atoms with Crippen LogP contribution in [0.25, 0.3) is 0 Å². The number of likely N-dealkylation sites (tertiary alicyclic amines) is 1. The van der Waals surface area contributed by atoms with E-state index in [9.17, 15) is 9.59 Å². The largest absolute Gasteiger partial charge is 0.489 e. The van der Waals surface area contributed by atoms with Crippen molar-refractivity contribution in [1.29, 1.82) is 0 Å². The second kappa shape index (κ2) is 9.89. The van der Waals surface area contributed by atoms with Crippen LogP contribution in [0.5, 0.6) is 5.75 Å². The van der Waals surface area contributed by atoms with Crippen molar-refractivity contribution in [2.75, 3.05) is 39.8 Å². The Morgan fingerprint density at radius 1 is 0.971 bits per heavy atom. The van der Waals surface area contributed by atoms with Gasteiger partial charge in [0.2, 0.25) is 0 Å². The molecule has 3 aliphatic heterocycles. The highest BCUT2D eigenvalue weighted by Crippen LogP contribution is 2.36. The average Bonchev–Trinajstić information content (AvgIpc) is 3.21. The molecule has 0 bridgehead atoms. The number of nitrogens with zero attached hydrogens (tertiary/aromatic N) is 3. The summed E-state index contributed by atoms with van der Waals surface area (Å²) in [5.41, 5.74) is 3.40. The van der Waals surface area contributed by atoms with Crippen LogP contribution in [0.3, 0.4) is 0 Å². The Hall–Kier alpha value is -3.32. The minimum Gasteiger partial charge on any atom is -0.489 e. The van der Waals surface area contributed by atoms with Crippen molar-refractivity contribution in [3.63, 3.8) is 0 Å². The van der Waals surface area contributed by atoms with Crippen LogP contribution in [-0.4, -0.2) is 66.4 Å². The Morgan fingerprint density at radius 2 is 1.76 bits per heavy atom. The fourth-order valence-corrected chi connectivity index (χ4v) is 5.02. The van der Waals surface area contributed by atoms with Gasteiger partial charge in [0.15, 0.2) is 0 Å². The van der Waals surface area contributed by atoms with Crippen LogP contribution in [0, 0.1) is 0 Å². The van der Waals surface area contributed by atoms with Crippen LogP contribution in [-0.2, 0) is 11.4 Å². The van der Waals surface area contributed by atoms with Crippen molar-refractivity contribution in [3.05, 3.63) is 77.0 Å². The number of piperidine rings is 1. The highest BCUT2D eigenvalue weighted by atomic mass is 16.5. The number of hydrogen-bond acceptors (Lipinski definition) is 4. The Balaban J connectivity index is 1.32. The van der Waals surface area contributed by atoms with E-state index in [1.165, 1.54) is 19.3 Å². The third kappa shape index (κ3) is 4.66. The van der Waals surface area contributed by atoms with Gasteiger partial charge in [0.05, 0.1) is 23.9 Å². The second-order valence-corrected chi connectivity index (χ2v) is 9.28. The van der Waals surface area contributed by atoms with E-state index in [0.29, 0.717) is 31.0 Å². The van der Waals surface area contributed by atoms with Crippen molar-refractivity contribution >= 4 is 11.9 Å². The molecule has 1 N–H and O–H groups in total. The molecule has 7 nitrogen and oxygen atoms in total. The number of urea groups is 1. The number of rotatable bonds is 7. The van der Waals surface area contributed by atoms with Gasteiger partial charge in [-0.1, -0.05) is 48.9 Å². The molecule has 3 amide bonds. The molecular formula is C27H32N4O3. The molecule has 2 aromatic rings. The molecule has 1 saturated heterocycles. The van der Waals surface area contributed by atoms with Crippen LogP contribution < -0.4 is 10.1 Å². The minimum absolute atomic E-state index is 0.0134. The van der Waals surface area contributed by atoms with Crippen molar-refractivity contribution in [2.24, 2.45) is 0 Å². The first kappa shape index (κ1) is 22.5. The van der Waals surface area contributed by atoms with Crippen molar-refractivity contribution in [1.82, 2.24) is 20.0 Å². The first-order chi connectivity index (χ1) is 16.6. The van der Waals surface area contributed by atoms with E-state index in [4.69, 9.17) is 4.74 Å². The van der Waals surface area contributed by atoms with Crippen LogP contribution in [0.15, 0.2) is 65.9 Å². The fourth-order valence-electron chi connectivity index (χ4n) is 5.02. The first-order valence-electron chi connectivity index (χ1n) is 12.2. The Bertz CT molecular complexity index is 1080. The van der Waals surface area contributed by atoms with Gasteiger partial charge in [-0.25, -0.2) is 4.79 Å². The molecule has 2 aromatic carbocycles. The first-order valence-corrected chi connectivity index (χ1v) is 12.2. The summed E-state index contributed by atoms with van der Waals surface area (Å²) in [7, 11) is 1.74. The lowest BCUT2D eigenvalue weighted by Crippen LogP contribution is -2.45. The third-order valence-corrected chi connectivity index (χ3v) is 7.01. The highest BCUT2D eigenvalue weighted by Gasteiger charge is 2.42. The number of carbonyl (C=O) groups excluding carboxylic acids is 2. The molecule has 0 spiro atoms. The molecule has 3 heterocycles. The van der Waals surface area contributed by atoms with E-state index in [2.05, 4.69) is 10.2 Å². The molecule has 1 fully saturated rings. The van der Waals surface area contributed by atoms with Crippen LogP contribution >= 0.6 is 0 Å². The van der Waals surface area contributed by atoms with Gasteiger partial charge < -0.3 is 19.9 Å². The monoisotopic (exact) mass is 460 g/mol. The van der Waals surface area contributed by atoms with E-state index in [-0.39, 0.29) is 11.9 Å². The molecule has 3 aliphatic rings. The molecule has 178 valence electrons. The summed E-state index contributed by atoms with van der Waals surface area (Å²) in [5.74, 6) is 0.726. The lowest BCUT2D eigenvalue weighted by molar-refractivity contribution is -0.126. The maximum absolute atomic E-state index is 13.5. The standard InChI is InChI=1S/C27H32N4O3/c1-29-23-18-31(16-15-30-13-6-3-7-14-30)26(32)24(23)25(28-27(29)33)21-11-8-12-22(17-21)34-19-20-9-4-2-5-10-20/h2,4-5,8-12,17,25H,3,6-7,13-16,18-19H2,1H3,(H,28,33). The van der Waals surface area contributed by atoms with Crippen LogP contribution in [0.4, 0.5) is 4.79 Å². The molecule has 0 aliphatic carbocycles. The Kier molecular flexibility index (Phi) is 6.54. The van der Waals surface area contributed by atoms with Crippen molar-refractivity contribution < 1.29 is 14.3 Å². The summed E-state index contributed by atoms with van der Waals surface area (Å²) in [6.45, 7) is 4.71. The second-order valence-electron chi connectivity index (χ2n) is 9.28. The maximum atomic E-state index is 13.5. The number of hydrogen-bond donors (Lipinski definition) is 1. The number of likely N-dealkylation sites (N-methyl/N-ethyl adjacent to an activating group) is 1. The Morgan fingerprint density at radius 3 is 2.56 bits per heavy atom. The predicted molar refractivity (Wildman–Crippen MR) is 130 cm³/mol. The number of carbonyl (C=O) groups is 2. The molecule has 1 atom stereocenters. The van der Waals surface area contributed by atoms with Gasteiger partial charge in [0.25, 0.3) is 5.91 Å². The molecule has 0 aromatic heterocycles.